The van der Waals surface area contributed by atoms with E-state index in [1.807, 2.05) is 12.1 Å². The van der Waals surface area contributed by atoms with E-state index in [4.69, 9.17) is 14.7 Å². The van der Waals surface area contributed by atoms with Crippen LogP contribution in [-0.4, -0.2) is 19.0 Å². The monoisotopic (exact) mass is 402 g/mol. The first-order chi connectivity index (χ1) is 12.0. The van der Waals surface area contributed by atoms with E-state index in [1.54, 1.807) is 43.5 Å². The van der Waals surface area contributed by atoms with Crippen molar-refractivity contribution in [3.63, 3.8) is 0 Å². The summed E-state index contributed by atoms with van der Waals surface area (Å²) in [6, 6.07) is 13.4. The van der Waals surface area contributed by atoms with Gasteiger partial charge in [0.2, 0.25) is 5.91 Å². The van der Waals surface area contributed by atoms with Crippen LogP contribution in [0.5, 0.6) is 5.75 Å². The smallest absolute Gasteiger partial charge is 0.338 e. The van der Waals surface area contributed by atoms with E-state index in [1.165, 1.54) is 0 Å². The lowest BCUT2D eigenvalue weighted by molar-refractivity contribution is -0.115. The molecule has 2 rings (SSSR count). The van der Waals surface area contributed by atoms with E-state index in [0.29, 0.717) is 17.0 Å². The van der Waals surface area contributed by atoms with Crippen molar-refractivity contribution in [3.8, 4) is 11.8 Å². The molecule has 0 spiro atoms. The minimum atomic E-state index is -0.471. The lowest BCUT2D eigenvalue weighted by Gasteiger charge is -2.08. The standard InChI is InChI=1S/C18H15BrN2O4/c1-24-16-7-2-12(10-15(16)19)11-25-18(23)13-3-5-14(6-4-13)21-17(22)8-9-20/h2-7,10H,8,11H2,1H3,(H,21,22). The van der Waals surface area contributed by atoms with Gasteiger partial charge in [-0.05, 0) is 57.9 Å². The summed E-state index contributed by atoms with van der Waals surface area (Å²) in [5, 5.41) is 11.0. The molecule has 2 aromatic carbocycles. The highest BCUT2D eigenvalue weighted by molar-refractivity contribution is 9.10. The summed E-state index contributed by atoms with van der Waals surface area (Å²) < 4.78 is 11.2. The highest BCUT2D eigenvalue weighted by Gasteiger charge is 2.09. The maximum atomic E-state index is 12.1. The van der Waals surface area contributed by atoms with E-state index in [9.17, 15) is 9.59 Å². The minimum Gasteiger partial charge on any atom is -0.496 e. The largest absolute Gasteiger partial charge is 0.496 e. The molecule has 0 saturated carbocycles. The number of amides is 1. The summed E-state index contributed by atoms with van der Waals surface area (Å²) >= 11 is 3.38. The second kappa shape index (κ2) is 8.85. The quantitative estimate of drug-likeness (QED) is 0.744. The number of ether oxygens (including phenoxy) is 2. The Bertz CT molecular complexity index is 813. The van der Waals surface area contributed by atoms with Gasteiger partial charge in [0.25, 0.3) is 0 Å². The van der Waals surface area contributed by atoms with Crippen molar-refractivity contribution in [1.82, 2.24) is 0 Å². The van der Waals surface area contributed by atoms with Crippen LogP contribution < -0.4 is 10.1 Å². The van der Waals surface area contributed by atoms with Gasteiger partial charge in [0, 0.05) is 5.69 Å². The molecule has 0 aromatic heterocycles. The van der Waals surface area contributed by atoms with Crippen LogP contribution in [0, 0.1) is 11.3 Å². The van der Waals surface area contributed by atoms with Crippen LogP contribution in [0.3, 0.4) is 0 Å². The zero-order chi connectivity index (χ0) is 18.2. The zero-order valence-electron chi connectivity index (χ0n) is 13.4. The molecule has 1 N–H and O–H groups in total. The third kappa shape index (κ3) is 5.33. The summed E-state index contributed by atoms with van der Waals surface area (Å²) in [5.41, 5.74) is 1.70. The first-order valence-corrected chi connectivity index (χ1v) is 8.09. The number of anilines is 1. The number of nitriles is 1. The van der Waals surface area contributed by atoms with E-state index in [2.05, 4.69) is 21.2 Å². The molecule has 0 aliphatic rings. The molecule has 7 heteroatoms. The number of carbonyl (C=O) groups is 2. The van der Waals surface area contributed by atoms with Crippen LogP contribution in [-0.2, 0) is 16.1 Å². The zero-order valence-corrected chi connectivity index (χ0v) is 15.0. The lowest BCUT2D eigenvalue weighted by Crippen LogP contribution is -2.10. The van der Waals surface area contributed by atoms with Gasteiger partial charge >= 0.3 is 5.97 Å². The van der Waals surface area contributed by atoms with Crippen LogP contribution in [0.1, 0.15) is 22.3 Å². The van der Waals surface area contributed by atoms with Crippen molar-refractivity contribution < 1.29 is 19.1 Å². The molecule has 0 atom stereocenters. The van der Waals surface area contributed by atoms with Crippen molar-refractivity contribution in [2.45, 2.75) is 13.0 Å². The Morgan fingerprint density at radius 1 is 1.20 bits per heavy atom. The third-order valence-electron chi connectivity index (χ3n) is 3.23. The van der Waals surface area contributed by atoms with E-state index in [0.717, 1.165) is 10.0 Å². The van der Waals surface area contributed by atoms with Crippen LogP contribution in [0.2, 0.25) is 0 Å². The summed E-state index contributed by atoms with van der Waals surface area (Å²) in [6.07, 6.45) is -0.221. The molecular formula is C18H15BrN2O4. The first-order valence-electron chi connectivity index (χ1n) is 7.30. The molecule has 0 heterocycles. The summed E-state index contributed by atoms with van der Waals surface area (Å²) in [5.74, 6) is -0.172. The predicted octanol–water partition coefficient (Wildman–Crippen LogP) is 3.67. The van der Waals surface area contributed by atoms with Gasteiger partial charge in [-0.15, -0.1) is 0 Å². The Balaban J connectivity index is 1.93. The Kier molecular flexibility index (Phi) is 6.54. The average Bonchev–Trinajstić information content (AvgIpc) is 2.60. The fourth-order valence-electron chi connectivity index (χ4n) is 2.00. The number of halogens is 1. The van der Waals surface area contributed by atoms with Gasteiger partial charge in [-0.25, -0.2) is 4.79 Å². The topological polar surface area (TPSA) is 88.4 Å². The van der Waals surface area contributed by atoms with Crippen LogP contribution in [0.4, 0.5) is 5.69 Å². The van der Waals surface area contributed by atoms with Crippen LogP contribution >= 0.6 is 15.9 Å². The Labute approximate surface area is 153 Å². The van der Waals surface area contributed by atoms with Crippen molar-refractivity contribution >= 4 is 33.5 Å². The van der Waals surface area contributed by atoms with Gasteiger partial charge in [-0.1, -0.05) is 6.07 Å². The minimum absolute atomic E-state index is 0.127. The van der Waals surface area contributed by atoms with Crippen molar-refractivity contribution in [2.75, 3.05) is 12.4 Å². The highest BCUT2D eigenvalue weighted by atomic mass is 79.9. The number of nitrogens with one attached hydrogen (secondary N) is 1. The van der Waals surface area contributed by atoms with Crippen LogP contribution in [0.25, 0.3) is 0 Å². The second-order valence-electron chi connectivity index (χ2n) is 5.01. The number of hydrogen-bond donors (Lipinski definition) is 1. The van der Waals surface area contributed by atoms with Crippen molar-refractivity contribution in [3.05, 3.63) is 58.1 Å². The van der Waals surface area contributed by atoms with Gasteiger partial charge in [-0.3, -0.25) is 4.79 Å². The van der Waals surface area contributed by atoms with Gasteiger partial charge in [0.15, 0.2) is 0 Å². The number of benzene rings is 2. The van der Waals surface area contributed by atoms with Gasteiger partial charge in [0.1, 0.15) is 18.8 Å². The van der Waals surface area contributed by atoms with Gasteiger partial charge in [0.05, 0.1) is 23.2 Å². The molecule has 6 nitrogen and oxygen atoms in total. The van der Waals surface area contributed by atoms with Crippen molar-refractivity contribution in [2.24, 2.45) is 0 Å². The Morgan fingerprint density at radius 3 is 2.52 bits per heavy atom. The Hall–Kier alpha value is -2.85. The number of nitrogens with zero attached hydrogens (tertiary/aromatic N) is 1. The van der Waals surface area contributed by atoms with E-state index >= 15 is 0 Å². The maximum absolute atomic E-state index is 12.1. The molecule has 0 fully saturated rings. The number of rotatable bonds is 6. The SMILES string of the molecule is COc1ccc(COC(=O)c2ccc(NC(=O)CC#N)cc2)cc1Br. The average molecular weight is 403 g/mol. The number of esters is 1. The molecule has 25 heavy (non-hydrogen) atoms. The summed E-state index contributed by atoms with van der Waals surface area (Å²) in [6.45, 7) is 0.127. The molecule has 2 aromatic rings. The maximum Gasteiger partial charge on any atom is 0.338 e. The van der Waals surface area contributed by atoms with Gasteiger partial charge < -0.3 is 14.8 Å². The van der Waals surface area contributed by atoms with E-state index in [-0.39, 0.29) is 13.0 Å². The number of hydrogen-bond acceptors (Lipinski definition) is 5. The summed E-state index contributed by atoms with van der Waals surface area (Å²) in [4.78, 5) is 23.4. The first kappa shape index (κ1) is 18.5. The molecule has 0 saturated heterocycles. The number of methoxy groups -OCH3 is 1. The molecule has 1 amide bonds. The molecule has 0 aliphatic heterocycles. The fraction of sp³-hybridized carbons (Fsp3) is 0.167. The molecule has 0 bridgehead atoms. The number of carbonyl (C=O) groups excluding carboxylic acids is 2. The van der Waals surface area contributed by atoms with Crippen LogP contribution in [0.15, 0.2) is 46.9 Å². The third-order valence-corrected chi connectivity index (χ3v) is 3.85. The molecular weight excluding hydrogens is 388 g/mol. The normalized spacial score (nSPS) is 9.80. The second-order valence-corrected chi connectivity index (χ2v) is 5.86. The lowest BCUT2D eigenvalue weighted by atomic mass is 10.2. The molecule has 0 radical (unpaired) electrons. The summed E-state index contributed by atoms with van der Waals surface area (Å²) in [7, 11) is 1.58. The Morgan fingerprint density at radius 2 is 1.92 bits per heavy atom. The fourth-order valence-corrected chi connectivity index (χ4v) is 2.59. The van der Waals surface area contributed by atoms with Crippen molar-refractivity contribution in [1.29, 1.82) is 5.26 Å². The molecule has 0 unspecified atom stereocenters. The highest BCUT2D eigenvalue weighted by Crippen LogP contribution is 2.25. The molecule has 0 aliphatic carbocycles. The van der Waals surface area contributed by atoms with E-state index < -0.39 is 11.9 Å². The predicted molar refractivity (Wildman–Crippen MR) is 95.1 cm³/mol. The van der Waals surface area contributed by atoms with Gasteiger partial charge in [-0.2, -0.15) is 5.26 Å². The molecule has 128 valence electrons.